The summed E-state index contributed by atoms with van der Waals surface area (Å²) in [5, 5.41) is 6.21. The molecule has 0 radical (unpaired) electrons. The van der Waals surface area contributed by atoms with Gasteiger partial charge in [0.25, 0.3) is 0 Å². The van der Waals surface area contributed by atoms with Crippen LogP contribution in [0.1, 0.15) is 31.4 Å². The van der Waals surface area contributed by atoms with Crippen LogP contribution in [0.3, 0.4) is 0 Å². The number of hydrogen-bond acceptors (Lipinski definition) is 3. The standard InChI is InChI=1S/C16H20BrN3O/c1-3-7-20(10-5-6-10)14-9-13-11(8-12(14)17)15(18-4-2)16(21)19-13/h3,8-10,15,18H,1,4-7H2,2H3,(H,19,21). The van der Waals surface area contributed by atoms with Gasteiger partial charge < -0.3 is 15.5 Å². The molecule has 1 aromatic rings. The van der Waals surface area contributed by atoms with Gasteiger partial charge in [-0.2, -0.15) is 0 Å². The summed E-state index contributed by atoms with van der Waals surface area (Å²) in [6, 6.07) is 4.49. The van der Waals surface area contributed by atoms with Crippen LogP contribution >= 0.6 is 15.9 Å². The highest BCUT2D eigenvalue weighted by Crippen LogP contribution is 2.42. The Bertz CT molecular complexity index is 583. The monoisotopic (exact) mass is 349 g/mol. The molecule has 1 aromatic carbocycles. The number of carbonyl (C=O) groups is 1. The lowest BCUT2D eigenvalue weighted by Crippen LogP contribution is -2.27. The molecule has 5 heteroatoms. The highest BCUT2D eigenvalue weighted by molar-refractivity contribution is 9.10. The molecule has 0 saturated heterocycles. The summed E-state index contributed by atoms with van der Waals surface area (Å²) in [5.74, 6) is 0.0255. The average Bonchev–Trinajstić information content (AvgIpc) is 3.24. The molecule has 0 bridgehead atoms. The van der Waals surface area contributed by atoms with Crippen LogP contribution in [0, 0.1) is 0 Å². The number of hydrogen-bond donors (Lipinski definition) is 2. The van der Waals surface area contributed by atoms with Crippen LogP contribution < -0.4 is 15.5 Å². The molecule has 4 nitrogen and oxygen atoms in total. The zero-order valence-electron chi connectivity index (χ0n) is 12.2. The van der Waals surface area contributed by atoms with Gasteiger partial charge in [-0.3, -0.25) is 4.79 Å². The lowest BCUT2D eigenvalue weighted by molar-refractivity contribution is -0.117. The lowest BCUT2D eigenvalue weighted by atomic mass is 10.1. The van der Waals surface area contributed by atoms with Crippen LogP contribution in [0.4, 0.5) is 11.4 Å². The highest BCUT2D eigenvalue weighted by atomic mass is 79.9. The van der Waals surface area contributed by atoms with E-state index in [-0.39, 0.29) is 11.9 Å². The fraction of sp³-hybridized carbons (Fsp3) is 0.438. The van der Waals surface area contributed by atoms with E-state index in [0.29, 0.717) is 6.04 Å². The van der Waals surface area contributed by atoms with Crippen LogP contribution in [0.2, 0.25) is 0 Å². The second-order valence-corrected chi connectivity index (χ2v) is 6.40. The van der Waals surface area contributed by atoms with Gasteiger partial charge in [0.2, 0.25) is 5.91 Å². The predicted molar refractivity (Wildman–Crippen MR) is 89.8 cm³/mol. The van der Waals surface area contributed by atoms with E-state index in [1.165, 1.54) is 12.8 Å². The number of nitrogens with one attached hydrogen (secondary N) is 2. The van der Waals surface area contributed by atoms with Gasteiger partial charge in [0.1, 0.15) is 6.04 Å². The molecule has 1 saturated carbocycles. The molecule has 1 aliphatic heterocycles. The van der Waals surface area contributed by atoms with Gasteiger partial charge in [-0.1, -0.05) is 13.0 Å². The van der Waals surface area contributed by atoms with Crippen molar-refractivity contribution in [2.75, 3.05) is 23.3 Å². The number of rotatable bonds is 6. The molecule has 1 amide bonds. The number of halogens is 1. The van der Waals surface area contributed by atoms with E-state index in [9.17, 15) is 4.79 Å². The van der Waals surface area contributed by atoms with Crippen LogP contribution in [-0.2, 0) is 4.79 Å². The Morgan fingerprint density at radius 1 is 1.52 bits per heavy atom. The van der Waals surface area contributed by atoms with E-state index in [1.807, 2.05) is 13.0 Å². The van der Waals surface area contributed by atoms with Crippen molar-refractivity contribution in [1.29, 1.82) is 0 Å². The van der Waals surface area contributed by atoms with Gasteiger partial charge in [0.05, 0.1) is 5.69 Å². The Labute approximate surface area is 133 Å². The molecule has 1 heterocycles. The Hall–Kier alpha value is -1.33. The van der Waals surface area contributed by atoms with Crippen molar-refractivity contribution in [2.45, 2.75) is 31.8 Å². The summed E-state index contributed by atoms with van der Waals surface area (Å²) in [6.07, 6.45) is 4.38. The maximum atomic E-state index is 12.1. The maximum Gasteiger partial charge on any atom is 0.246 e. The number of amides is 1. The zero-order valence-corrected chi connectivity index (χ0v) is 13.7. The first kappa shape index (κ1) is 14.6. The number of likely N-dealkylation sites (N-methyl/N-ethyl adjacent to an activating group) is 1. The van der Waals surface area contributed by atoms with Gasteiger partial charge in [-0.05, 0) is 47.4 Å². The molecule has 2 N–H and O–H groups in total. The SMILES string of the molecule is C=CCN(c1cc2c(cc1Br)C(NCC)C(=O)N2)C1CC1. The third kappa shape index (κ3) is 2.72. The van der Waals surface area contributed by atoms with Crippen molar-refractivity contribution >= 4 is 33.2 Å². The molecule has 1 atom stereocenters. The number of fused-ring (bicyclic) bond motifs is 1. The van der Waals surface area contributed by atoms with Crippen molar-refractivity contribution in [3.05, 3.63) is 34.8 Å². The summed E-state index contributed by atoms with van der Waals surface area (Å²) in [4.78, 5) is 14.4. The highest BCUT2D eigenvalue weighted by Gasteiger charge is 2.34. The Morgan fingerprint density at radius 2 is 2.29 bits per heavy atom. The smallest absolute Gasteiger partial charge is 0.246 e. The van der Waals surface area contributed by atoms with Gasteiger partial charge in [-0.25, -0.2) is 0 Å². The molecule has 112 valence electrons. The fourth-order valence-corrected chi connectivity index (χ4v) is 3.46. The second kappa shape index (κ2) is 5.81. The minimum Gasteiger partial charge on any atom is -0.364 e. The summed E-state index contributed by atoms with van der Waals surface area (Å²) < 4.78 is 1.04. The Balaban J connectivity index is 1.96. The van der Waals surface area contributed by atoms with Crippen LogP contribution in [0.15, 0.2) is 29.3 Å². The van der Waals surface area contributed by atoms with E-state index in [2.05, 4.69) is 50.2 Å². The minimum atomic E-state index is -0.246. The summed E-state index contributed by atoms with van der Waals surface area (Å²) in [5.41, 5.74) is 3.07. The number of carbonyl (C=O) groups excluding carboxylic acids is 1. The first-order valence-electron chi connectivity index (χ1n) is 7.41. The second-order valence-electron chi connectivity index (χ2n) is 5.54. The molecular weight excluding hydrogens is 330 g/mol. The molecule has 1 unspecified atom stereocenters. The minimum absolute atomic E-state index is 0.0255. The molecule has 0 spiro atoms. The van der Waals surface area contributed by atoms with E-state index in [4.69, 9.17) is 0 Å². The molecule has 2 aliphatic rings. The van der Waals surface area contributed by atoms with Gasteiger partial charge >= 0.3 is 0 Å². The first-order valence-corrected chi connectivity index (χ1v) is 8.20. The van der Waals surface area contributed by atoms with Crippen LogP contribution in [0.5, 0.6) is 0 Å². The van der Waals surface area contributed by atoms with E-state index in [0.717, 1.165) is 34.5 Å². The molecule has 3 rings (SSSR count). The average molecular weight is 350 g/mol. The van der Waals surface area contributed by atoms with Crippen LogP contribution in [0.25, 0.3) is 0 Å². The van der Waals surface area contributed by atoms with Crippen molar-refractivity contribution in [1.82, 2.24) is 5.32 Å². The summed E-state index contributed by atoms with van der Waals surface area (Å²) >= 11 is 3.67. The zero-order chi connectivity index (χ0) is 15.0. The predicted octanol–water partition coefficient (Wildman–Crippen LogP) is 3.21. The Morgan fingerprint density at radius 3 is 2.90 bits per heavy atom. The summed E-state index contributed by atoms with van der Waals surface area (Å²) in [7, 11) is 0. The Kier molecular flexibility index (Phi) is 4.04. The lowest BCUT2D eigenvalue weighted by Gasteiger charge is -2.25. The van der Waals surface area contributed by atoms with Gasteiger partial charge in [-0.15, -0.1) is 6.58 Å². The van der Waals surface area contributed by atoms with Crippen LogP contribution in [-0.4, -0.2) is 25.0 Å². The number of anilines is 2. The van der Waals surface area contributed by atoms with Crippen molar-refractivity contribution in [3.63, 3.8) is 0 Å². The topological polar surface area (TPSA) is 44.4 Å². The third-order valence-electron chi connectivity index (χ3n) is 3.98. The van der Waals surface area contributed by atoms with E-state index >= 15 is 0 Å². The number of benzene rings is 1. The van der Waals surface area contributed by atoms with E-state index in [1.54, 1.807) is 0 Å². The molecule has 1 aliphatic carbocycles. The molecular formula is C16H20BrN3O. The number of nitrogens with zero attached hydrogens (tertiary/aromatic N) is 1. The normalized spacial score (nSPS) is 20.1. The van der Waals surface area contributed by atoms with Crippen molar-refractivity contribution < 1.29 is 4.79 Å². The quantitative estimate of drug-likeness (QED) is 0.775. The van der Waals surface area contributed by atoms with Gasteiger partial charge in [0.15, 0.2) is 0 Å². The maximum absolute atomic E-state index is 12.1. The molecule has 0 aromatic heterocycles. The largest absolute Gasteiger partial charge is 0.364 e. The van der Waals surface area contributed by atoms with Crippen molar-refractivity contribution in [2.24, 2.45) is 0 Å². The van der Waals surface area contributed by atoms with Gasteiger partial charge in [0, 0.05) is 28.3 Å². The van der Waals surface area contributed by atoms with Crippen molar-refractivity contribution in [3.8, 4) is 0 Å². The summed E-state index contributed by atoms with van der Waals surface area (Å²) in [6.45, 7) is 7.45. The third-order valence-corrected chi connectivity index (χ3v) is 4.62. The first-order chi connectivity index (χ1) is 10.2. The molecule has 21 heavy (non-hydrogen) atoms. The van der Waals surface area contributed by atoms with E-state index < -0.39 is 0 Å². The fourth-order valence-electron chi connectivity index (χ4n) is 2.87. The molecule has 1 fully saturated rings.